The Labute approximate surface area is 113 Å². The second-order valence-corrected chi connectivity index (χ2v) is 4.82. The van der Waals surface area contributed by atoms with E-state index in [1.54, 1.807) is 30.5 Å². The topological polar surface area (TPSA) is 68.0 Å². The molecule has 92 valence electrons. The number of carbonyl (C=O) groups excluding carboxylic acids is 1. The molecule has 0 bridgehead atoms. The van der Waals surface area contributed by atoms with E-state index in [0.29, 0.717) is 17.1 Å². The van der Waals surface area contributed by atoms with Gasteiger partial charge in [0.25, 0.3) is 5.91 Å². The Morgan fingerprint density at radius 2 is 2.11 bits per heavy atom. The lowest BCUT2D eigenvalue weighted by Crippen LogP contribution is -2.14. The number of nitrogens with zero attached hydrogens (tertiary/aromatic N) is 1. The van der Waals surface area contributed by atoms with Gasteiger partial charge in [-0.15, -0.1) is 0 Å². The van der Waals surface area contributed by atoms with Crippen molar-refractivity contribution in [2.45, 2.75) is 6.92 Å². The molecule has 0 aliphatic carbocycles. The highest BCUT2D eigenvalue weighted by molar-refractivity contribution is 9.10. The molecule has 0 fully saturated rings. The Hall–Kier alpha value is -1.88. The SMILES string of the molecule is Cc1ccnc(NC(=O)c2ccc(Br)cc2N)c1. The second-order valence-electron chi connectivity index (χ2n) is 3.90. The van der Waals surface area contributed by atoms with Crippen LogP contribution in [-0.2, 0) is 0 Å². The molecule has 5 heteroatoms. The van der Waals surface area contributed by atoms with Gasteiger partial charge in [0.05, 0.1) is 5.56 Å². The maximum atomic E-state index is 12.0. The Kier molecular flexibility index (Phi) is 3.62. The number of benzene rings is 1. The molecule has 0 aliphatic rings. The van der Waals surface area contributed by atoms with Crippen LogP contribution in [0.5, 0.6) is 0 Å². The van der Waals surface area contributed by atoms with Crippen LogP contribution in [0.15, 0.2) is 41.0 Å². The molecule has 4 nitrogen and oxygen atoms in total. The normalized spacial score (nSPS) is 10.1. The van der Waals surface area contributed by atoms with Gasteiger partial charge in [0, 0.05) is 16.4 Å². The minimum absolute atomic E-state index is 0.266. The molecule has 18 heavy (non-hydrogen) atoms. The third-order valence-electron chi connectivity index (χ3n) is 2.42. The Morgan fingerprint density at radius 1 is 1.33 bits per heavy atom. The number of amides is 1. The van der Waals surface area contributed by atoms with Crippen molar-refractivity contribution in [3.05, 3.63) is 52.1 Å². The van der Waals surface area contributed by atoms with E-state index >= 15 is 0 Å². The van der Waals surface area contributed by atoms with Crippen LogP contribution in [0.2, 0.25) is 0 Å². The number of pyridine rings is 1. The van der Waals surface area contributed by atoms with Gasteiger partial charge < -0.3 is 11.1 Å². The number of aromatic nitrogens is 1. The van der Waals surface area contributed by atoms with Crippen molar-refractivity contribution < 1.29 is 4.79 Å². The summed E-state index contributed by atoms with van der Waals surface area (Å²) >= 11 is 3.30. The molecule has 1 aromatic heterocycles. The van der Waals surface area contributed by atoms with Crippen molar-refractivity contribution in [3.8, 4) is 0 Å². The van der Waals surface area contributed by atoms with E-state index in [1.165, 1.54) is 0 Å². The number of hydrogen-bond acceptors (Lipinski definition) is 3. The summed E-state index contributed by atoms with van der Waals surface area (Å²) in [5.74, 6) is 0.250. The van der Waals surface area contributed by atoms with Crippen LogP contribution in [0.3, 0.4) is 0 Å². The lowest BCUT2D eigenvalue weighted by molar-refractivity contribution is 0.102. The molecule has 2 rings (SSSR count). The summed E-state index contributed by atoms with van der Waals surface area (Å²) in [6, 6.07) is 8.80. The molecule has 1 heterocycles. The molecule has 0 radical (unpaired) electrons. The first-order chi connectivity index (χ1) is 8.56. The predicted molar refractivity (Wildman–Crippen MR) is 75.5 cm³/mol. The molecule has 0 saturated heterocycles. The molecule has 3 N–H and O–H groups in total. The van der Waals surface area contributed by atoms with Crippen molar-refractivity contribution in [2.75, 3.05) is 11.1 Å². The quantitative estimate of drug-likeness (QED) is 0.838. The fourth-order valence-electron chi connectivity index (χ4n) is 1.53. The highest BCUT2D eigenvalue weighted by atomic mass is 79.9. The molecule has 2 aromatic rings. The van der Waals surface area contributed by atoms with Crippen LogP contribution >= 0.6 is 15.9 Å². The fraction of sp³-hybridized carbons (Fsp3) is 0.0769. The third kappa shape index (κ3) is 2.87. The van der Waals surface area contributed by atoms with Crippen molar-refractivity contribution in [2.24, 2.45) is 0 Å². The van der Waals surface area contributed by atoms with Crippen LogP contribution < -0.4 is 11.1 Å². The number of carbonyl (C=O) groups is 1. The minimum Gasteiger partial charge on any atom is -0.398 e. The largest absolute Gasteiger partial charge is 0.398 e. The van der Waals surface area contributed by atoms with Gasteiger partial charge in [0.2, 0.25) is 0 Å². The summed E-state index contributed by atoms with van der Waals surface area (Å²) in [6.07, 6.45) is 1.65. The molecule has 0 unspecified atom stereocenters. The van der Waals surface area contributed by atoms with E-state index in [2.05, 4.69) is 26.2 Å². The van der Waals surface area contributed by atoms with Gasteiger partial charge in [-0.3, -0.25) is 4.79 Å². The summed E-state index contributed by atoms with van der Waals surface area (Å²) in [7, 11) is 0. The zero-order valence-corrected chi connectivity index (χ0v) is 11.4. The van der Waals surface area contributed by atoms with Crippen LogP contribution in [0.25, 0.3) is 0 Å². The molecule has 0 aliphatic heterocycles. The van der Waals surface area contributed by atoms with Gasteiger partial charge >= 0.3 is 0 Å². The van der Waals surface area contributed by atoms with E-state index in [9.17, 15) is 4.79 Å². The Bertz CT molecular complexity index is 599. The Morgan fingerprint density at radius 3 is 2.78 bits per heavy atom. The van der Waals surface area contributed by atoms with Gasteiger partial charge in [0.1, 0.15) is 5.82 Å². The lowest BCUT2D eigenvalue weighted by atomic mass is 10.1. The third-order valence-corrected chi connectivity index (χ3v) is 2.91. The first-order valence-electron chi connectivity index (χ1n) is 5.35. The number of nitrogen functional groups attached to an aromatic ring is 1. The summed E-state index contributed by atoms with van der Waals surface area (Å²) in [5, 5.41) is 2.71. The van der Waals surface area contributed by atoms with Crippen molar-refractivity contribution >= 4 is 33.3 Å². The van der Waals surface area contributed by atoms with Crippen LogP contribution in [0, 0.1) is 6.92 Å². The first-order valence-corrected chi connectivity index (χ1v) is 6.14. The van der Waals surface area contributed by atoms with E-state index in [4.69, 9.17) is 5.73 Å². The minimum atomic E-state index is -0.266. The molecule has 0 spiro atoms. The van der Waals surface area contributed by atoms with Crippen LogP contribution in [-0.4, -0.2) is 10.9 Å². The maximum Gasteiger partial charge on any atom is 0.258 e. The smallest absolute Gasteiger partial charge is 0.258 e. The van der Waals surface area contributed by atoms with E-state index in [0.717, 1.165) is 10.0 Å². The average Bonchev–Trinajstić information content (AvgIpc) is 2.28. The monoisotopic (exact) mass is 305 g/mol. The van der Waals surface area contributed by atoms with E-state index < -0.39 is 0 Å². The van der Waals surface area contributed by atoms with Crippen molar-refractivity contribution in [3.63, 3.8) is 0 Å². The van der Waals surface area contributed by atoms with Gasteiger partial charge in [-0.2, -0.15) is 0 Å². The Balaban J connectivity index is 2.22. The number of nitrogens with one attached hydrogen (secondary N) is 1. The van der Waals surface area contributed by atoms with Gasteiger partial charge in [-0.25, -0.2) is 4.98 Å². The summed E-state index contributed by atoms with van der Waals surface area (Å²) in [4.78, 5) is 16.1. The summed E-state index contributed by atoms with van der Waals surface area (Å²) in [5.41, 5.74) is 7.68. The first kappa shape index (κ1) is 12.6. The number of aryl methyl sites for hydroxylation is 1. The lowest BCUT2D eigenvalue weighted by Gasteiger charge is -2.07. The summed E-state index contributed by atoms with van der Waals surface area (Å²) in [6.45, 7) is 1.94. The predicted octanol–water partition coefficient (Wildman–Crippen LogP) is 2.99. The average molecular weight is 306 g/mol. The zero-order chi connectivity index (χ0) is 13.1. The maximum absolute atomic E-state index is 12.0. The van der Waals surface area contributed by atoms with Crippen molar-refractivity contribution in [1.29, 1.82) is 0 Å². The zero-order valence-electron chi connectivity index (χ0n) is 9.77. The molecular weight excluding hydrogens is 294 g/mol. The summed E-state index contributed by atoms with van der Waals surface area (Å²) < 4.78 is 0.838. The van der Waals surface area contributed by atoms with Crippen LogP contribution in [0.4, 0.5) is 11.5 Å². The number of hydrogen-bond donors (Lipinski definition) is 2. The highest BCUT2D eigenvalue weighted by Crippen LogP contribution is 2.19. The van der Waals surface area contributed by atoms with Gasteiger partial charge in [-0.05, 0) is 42.8 Å². The fourth-order valence-corrected chi connectivity index (χ4v) is 1.91. The molecular formula is C13H12BrN3O. The van der Waals surface area contributed by atoms with Gasteiger partial charge in [-0.1, -0.05) is 15.9 Å². The standard InChI is InChI=1S/C13H12BrN3O/c1-8-4-5-16-12(6-8)17-13(18)10-3-2-9(14)7-11(10)15/h2-7H,15H2,1H3,(H,16,17,18). The van der Waals surface area contributed by atoms with E-state index in [1.807, 2.05) is 13.0 Å². The van der Waals surface area contributed by atoms with Crippen LogP contribution in [0.1, 0.15) is 15.9 Å². The van der Waals surface area contributed by atoms with E-state index in [-0.39, 0.29) is 5.91 Å². The molecule has 0 saturated carbocycles. The molecule has 1 amide bonds. The van der Waals surface area contributed by atoms with Gasteiger partial charge in [0.15, 0.2) is 0 Å². The molecule has 1 aromatic carbocycles. The molecule has 0 atom stereocenters. The van der Waals surface area contributed by atoms with Crippen molar-refractivity contribution in [1.82, 2.24) is 4.98 Å². The number of halogens is 1. The number of anilines is 2. The number of rotatable bonds is 2. The second kappa shape index (κ2) is 5.18. The highest BCUT2D eigenvalue weighted by Gasteiger charge is 2.10. The number of nitrogens with two attached hydrogens (primary N) is 1.